The van der Waals surface area contributed by atoms with E-state index in [0.29, 0.717) is 11.5 Å². The van der Waals surface area contributed by atoms with Gasteiger partial charge in [0, 0.05) is 28.6 Å². The first-order valence-electron chi connectivity index (χ1n) is 8.89. The van der Waals surface area contributed by atoms with Gasteiger partial charge in [0.1, 0.15) is 0 Å². The minimum Gasteiger partial charge on any atom is -0.478 e. The SMILES string of the molecule is O=C(O)c1ccc(C2CCN(c3cccc4c(Br)cccc34)CC2)cc1. The molecule has 0 spiro atoms. The van der Waals surface area contributed by atoms with Crippen LogP contribution in [0, 0.1) is 0 Å². The number of anilines is 1. The molecular formula is C22H20BrNO2. The van der Waals surface area contributed by atoms with E-state index in [1.165, 1.54) is 22.0 Å². The smallest absolute Gasteiger partial charge is 0.335 e. The molecule has 0 radical (unpaired) electrons. The Labute approximate surface area is 161 Å². The minimum atomic E-state index is -0.867. The van der Waals surface area contributed by atoms with Crippen LogP contribution in [0.3, 0.4) is 0 Å². The maximum atomic E-state index is 11.0. The lowest BCUT2D eigenvalue weighted by Gasteiger charge is -2.34. The zero-order valence-electron chi connectivity index (χ0n) is 14.4. The number of nitrogens with zero attached hydrogens (tertiary/aromatic N) is 1. The van der Waals surface area contributed by atoms with Crippen LogP contribution in [0.2, 0.25) is 0 Å². The van der Waals surface area contributed by atoms with Crippen LogP contribution in [-0.4, -0.2) is 24.2 Å². The van der Waals surface area contributed by atoms with Gasteiger partial charge in [-0.3, -0.25) is 0 Å². The van der Waals surface area contributed by atoms with Crippen LogP contribution in [0.25, 0.3) is 10.8 Å². The number of halogens is 1. The molecule has 3 aromatic rings. The number of carbonyl (C=O) groups is 1. The van der Waals surface area contributed by atoms with Gasteiger partial charge in [0.25, 0.3) is 0 Å². The summed E-state index contributed by atoms with van der Waals surface area (Å²) in [7, 11) is 0. The summed E-state index contributed by atoms with van der Waals surface area (Å²) in [5.74, 6) is -0.371. The molecule has 1 saturated heterocycles. The maximum absolute atomic E-state index is 11.0. The molecule has 3 nitrogen and oxygen atoms in total. The van der Waals surface area contributed by atoms with Gasteiger partial charge < -0.3 is 10.0 Å². The highest BCUT2D eigenvalue weighted by molar-refractivity contribution is 9.10. The second-order valence-corrected chi connectivity index (χ2v) is 7.65. The van der Waals surface area contributed by atoms with Crippen molar-refractivity contribution in [2.75, 3.05) is 18.0 Å². The molecular weight excluding hydrogens is 390 g/mol. The number of aromatic carboxylic acids is 1. The third-order valence-corrected chi connectivity index (χ3v) is 6.00. The first-order chi connectivity index (χ1) is 12.6. The molecule has 0 amide bonds. The Kier molecular flexibility index (Phi) is 4.68. The summed E-state index contributed by atoms with van der Waals surface area (Å²) in [6.07, 6.45) is 2.16. The largest absolute Gasteiger partial charge is 0.478 e. The first-order valence-corrected chi connectivity index (χ1v) is 9.68. The van der Waals surface area contributed by atoms with Gasteiger partial charge in [-0.2, -0.15) is 0 Å². The van der Waals surface area contributed by atoms with Crippen molar-refractivity contribution in [3.05, 3.63) is 76.3 Å². The number of benzene rings is 3. The molecule has 1 fully saturated rings. The Hall–Kier alpha value is -2.33. The first kappa shape index (κ1) is 17.1. The topological polar surface area (TPSA) is 40.5 Å². The van der Waals surface area contributed by atoms with E-state index in [1.807, 2.05) is 12.1 Å². The highest BCUT2D eigenvalue weighted by atomic mass is 79.9. The molecule has 1 aliphatic heterocycles. The van der Waals surface area contributed by atoms with Crippen LogP contribution in [0.1, 0.15) is 34.7 Å². The predicted molar refractivity (Wildman–Crippen MR) is 109 cm³/mol. The van der Waals surface area contributed by atoms with E-state index in [2.05, 4.69) is 57.2 Å². The van der Waals surface area contributed by atoms with Crippen LogP contribution in [0.4, 0.5) is 5.69 Å². The summed E-state index contributed by atoms with van der Waals surface area (Å²) in [4.78, 5) is 13.5. The Balaban J connectivity index is 1.52. The second-order valence-electron chi connectivity index (χ2n) is 6.80. The Morgan fingerprint density at radius 3 is 2.27 bits per heavy atom. The number of carboxylic acid groups (broad SMARTS) is 1. The molecule has 0 aromatic heterocycles. The molecule has 1 heterocycles. The van der Waals surface area contributed by atoms with Crippen molar-refractivity contribution in [1.82, 2.24) is 0 Å². The maximum Gasteiger partial charge on any atom is 0.335 e. The zero-order chi connectivity index (χ0) is 18.1. The fourth-order valence-electron chi connectivity index (χ4n) is 3.88. The van der Waals surface area contributed by atoms with Crippen LogP contribution in [-0.2, 0) is 0 Å². The number of piperidine rings is 1. The van der Waals surface area contributed by atoms with Gasteiger partial charge in [-0.1, -0.05) is 52.3 Å². The van der Waals surface area contributed by atoms with Crippen LogP contribution in [0.5, 0.6) is 0 Å². The van der Waals surface area contributed by atoms with E-state index in [-0.39, 0.29) is 0 Å². The lowest BCUT2D eigenvalue weighted by molar-refractivity contribution is 0.0697. The van der Waals surface area contributed by atoms with E-state index in [1.54, 1.807) is 12.1 Å². The third-order valence-electron chi connectivity index (χ3n) is 5.31. The molecule has 0 aliphatic carbocycles. The van der Waals surface area contributed by atoms with E-state index in [9.17, 15) is 4.79 Å². The molecule has 132 valence electrons. The quantitative estimate of drug-likeness (QED) is 0.604. The molecule has 4 rings (SSSR count). The van der Waals surface area contributed by atoms with Gasteiger partial charge in [-0.15, -0.1) is 0 Å². The second kappa shape index (κ2) is 7.12. The van der Waals surface area contributed by atoms with E-state index in [4.69, 9.17) is 5.11 Å². The number of hydrogen-bond acceptors (Lipinski definition) is 2. The Morgan fingerprint density at radius 1 is 0.923 bits per heavy atom. The van der Waals surface area contributed by atoms with Crippen molar-refractivity contribution in [3.8, 4) is 0 Å². The fraction of sp³-hybridized carbons (Fsp3) is 0.227. The van der Waals surface area contributed by atoms with Crippen molar-refractivity contribution in [2.45, 2.75) is 18.8 Å². The number of fused-ring (bicyclic) bond motifs is 1. The molecule has 1 aliphatic rings. The molecule has 0 bridgehead atoms. The molecule has 0 unspecified atom stereocenters. The molecule has 26 heavy (non-hydrogen) atoms. The van der Waals surface area contributed by atoms with Gasteiger partial charge in [-0.05, 0) is 54.0 Å². The predicted octanol–water partition coefficient (Wildman–Crippen LogP) is 5.68. The van der Waals surface area contributed by atoms with Gasteiger partial charge in [0.2, 0.25) is 0 Å². The van der Waals surface area contributed by atoms with Crippen molar-refractivity contribution in [1.29, 1.82) is 0 Å². The standard InChI is InChI=1S/C22H20BrNO2/c23-20-5-1-4-19-18(20)3-2-6-21(19)24-13-11-16(12-14-24)15-7-9-17(10-8-15)22(25)26/h1-10,16H,11-14H2,(H,25,26). The summed E-state index contributed by atoms with van der Waals surface area (Å²) in [5, 5.41) is 11.6. The van der Waals surface area contributed by atoms with Gasteiger partial charge >= 0.3 is 5.97 Å². The summed E-state index contributed by atoms with van der Waals surface area (Å²) in [6, 6.07) is 20.2. The highest BCUT2D eigenvalue weighted by Gasteiger charge is 2.22. The van der Waals surface area contributed by atoms with E-state index < -0.39 is 5.97 Å². The average Bonchev–Trinajstić information content (AvgIpc) is 2.68. The van der Waals surface area contributed by atoms with Gasteiger partial charge in [-0.25, -0.2) is 4.79 Å². The normalized spacial score (nSPS) is 15.3. The van der Waals surface area contributed by atoms with E-state index >= 15 is 0 Å². The van der Waals surface area contributed by atoms with Gasteiger partial charge in [0.15, 0.2) is 0 Å². The molecule has 3 aromatic carbocycles. The average molecular weight is 410 g/mol. The number of carboxylic acids is 1. The monoisotopic (exact) mass is 409 g/mol. The lowest BCUT2D eigenvalue weighted by Crippen LogP contribution is -2.33. The van der Waals surface area contributed by atoms with Crippen LogP contribution >= 0.6 is 15.9 Å². The minimum absolute atomic E-state index is 0.354. The molecule has 0 atom stereocenters. The van der Waals surface area contributed by atoms with Crippen LogP contribution < -0.4 is 4.90 Å². The summed E-state index contributed by atoms with van der Waals surface area (Å²) < 4.78 is 1.13. The Bertz CT molecular complexity index is 944. The fourth-order valence-corrected chi connectivity index (χ4v) is 4.38. The van der Waals surface area contributed by atoms with E-state index in [0.717, 1.165) is 30.4 Å². The van der Waals surface area contributed by atoms with Crippen molar-refractivity contribution >= 4 is 38.4 Å². The van der Waals surface area contributed by atoms with Crippen molar-refractivity contribution in [3.63, 3.8) is 0 Å². The lowest BCUT2D eigenvalue weighted by atomic mass is 9.88. The summed E-state index contributed by atoms with van der Waals surface area (Å²) in [6.45, 7) is 2.02. The third kappa shape index (κ3) is 3.21. The van der Waals surface area contributed by atoms with Crippen molar-refractivity contribution < 1.29 is 9.90 Å². The number of hydrogen-bond donors (Lipinski definition) is 1. The zero-order valence-corrected chi connectivity index (χ0v) is 15.9. The summed E-state index contributed by atoms with van der Waals surface area (Å²) >= 11 is 3.65. The summed E-state index contributed by atoms with van der Waals surface area (Å²) in [5.41, 5.74) is 2.89. The van der Waals surface area contributed by atoms with Gasteiger partial charge in [0.05, 0.1) is 5.56 Å². The number of rotatable bonds is 3. The van der Waals surface area contributed by atoms with Crippen LogP contribution in [0.15, 0.2) is 65.1 Å². The van der Waals surface area contributed by atoms with Crippen molar-refractivity contribution in [2.24, 2.45) is 0 Å². The Morgan fingerprint density at radius 2 is 1.58 bits per heavy atom. The molecule has 1 N–H and O–H groups in total. The molecule has 0 saturated carbocycles. The highest BCUT2D eigenvalue weighted by Crippen LogP contribution is 2.35. The molecule has 4 heteroatoms.